The Bertz CT molecular complexity index is 1100. The Labute approximate surface area is 188 Å². The van der Waals surface area contributed by atoms with E-state index < -0.39 is 5.41 Å². The molecule has 164 valence electrons. The van der Waals surface area contributed by atoms with E-state index in [-0.39, 0.29) is 18.2 Å². The van der Waals surface area contributed by atoms with Crippen molar-refractivity contribution in [2.45, 2.75) is 19.3 Å². The number of benzene rings is 2. The van der Waals surface area contributed by atoms with Crippen LogP contribution in [0.1, 0.15) is 17.5 Å². The Balaban J connectivity index is 1.48. The highest BCUT2D eigenvalue weighted by atomic mass is 16.5. The molecule has 1 aliphatic rings. The monoisotopic (exact) mass is 429 g/mol. The fourth-order valence-corrected chi connectivity index (χ4v) is 4.38. The lowest BCUT2D eigenvalue weighted by Crippen LogP contribution is -2.42. The lowest BCUT2D eigenvalue weighted by molar-refractivity contribution is -0.131. The van der Waals surface area contributed by atoms with E-state index >= 15 is 0 Å². The van der Waals surface area contributed by atoms with Gasteiger partial charge in [-0.05, 0) is 41.7 Å². The molecule has 4 rings (SSSR count). The normalized spacial score (nSPS) is 17.8. The van der Waals surface area contributed by atoms with Crippen LogP contribution in [-0.4, -0.2) is 41.9 Å². The van der Waals surface area contributed by atoms with Gasteiger partial charge in [-0.25, -0.2) is 0 Å². The van der Waals surface area contributed by atoms with Crippen LogP contribution in [0, 0.1) is 5.41 Å². The molecule has 1 saturated heterocycles. The Morgan fingerprint density at radius 1 is 1.06 bits per heavy atom. The van der Waals surface area contributed by atoms with E-state index in [1.807, 2.05) is 60.7 Å². The van der Waals surface area contributed by atoms with E-state index in [0.29, 0.717) is 25.9 Å². The van der Waals surface area contributed by atoms with Crippen molar-refractivity contribution >= 4 is 11.8 Å². The predicted molar refractivity (Wildman–Crippen MR) is 123 cm³/mol. The zero-order valence-corrected chi connectivity index (χ0v) is 18.2. The molecule has 0 aliphatic carbocycles. The van der Waals surface area contributed by atoms with Gasteiger partial charge in [-0.1, -0.05) is 48.5 Å². The Morgan fingerprint density at radius 3 is 2.53 bits per heavy atom. The average Bonchev–Trinajstić information content (AvgIpc) is 3.26. The number of primary amides is 1. The summed E-state index contributed by atoms with van der Waals surface area (Å²) in [5, 5.41) is 0. The first kappa shape index (κ1) is 21.6. The van der Waals surface area contributed by atoms with Crippen LogP contribution >= 0.6 is 0 Å². The molecule has 0 unspecified atom stereocenters. The summed E-state index contributed by atoms with van der Waals surface area (Å²) in [5.74, 6) is 0.447. The summed E-state index contributed by atoms with van der Waals surface area (Å²) in [4.78, 5) is 31.1. The van der Waals surface area contributed by atoms with Crippen molar-refractivity contribution in [3.05, 3.63) is 84.2 Å². The maximum atomic E-state index is 12.8. The average molecular weight is 430 g/mol. The summed E-state index contributed by atoms with van der Waals surface area (Å²) < 4.78 is 5.46. The zero-order chi connectivity index (χ0) is 22.6. The van der Waals surface area contributed by atoms with Gasteiger partial charge in [0.1, 0.15) is 5.75 Å². The molecule has 1 aromatic heterocycles. The maximum Gasteiger partial charge on any atom is 0.227 e. The zero-order valence-electron chi connectivity index (χ0n) is 18.2. The molecule has 0 bridgehead atoms. The van der Waals surface area contributed by atoms with Crippen LogP contribution in [0.4, 0.5) is 0 Å². The van der Waals surface area contributed by atoms with Crippen LogP contribution in [0.15, 0.2) is 73.1 Å². The molecule has 3 aromatic rings. The minimum absolute atomic E-state index is 0.00681. The molecular formula is C26H27N3O3. The molecule has 32 heavy (non-hydrogen) atoms. The van der Waals surface area contributed by atoms with Crippen molar-refractivity contribution in [2.24, 2.45) is 11.1 Å². The van der Waals surface area contributed by atoms with Gasteiger partial charge >= 0.3 is 0 Å². The molecule has 2 N–H and O–H groups in total. The van der Waals surface area contributed by atoms with Gasteiger partial charge in [0.2, 0.25) is 11.8 Å². The molecule has 1 atom stereocenters. The second-order valence-electron chi connectivity index (χ2n) is 8.32. The largest absolute Gasteiger partial charge is 0.496 e. The maximum absolute atomic E-state index is 12.8. The van der Waals surface area contributed by atoms with Crippen LogP contribution < -0.4 is 10.5 Å². The third kappa shape index (κ3) is 4.49. The fourth-order valence-electron chi connectivity index (χ4n) is 4.38. The summed E-state index contributed by atoms with van der Waals surface area (Å²) >= 11 is 0. The molecule has 2 aromatic carbocycles. The summed E-state index contributed by atoms with van der Waals surface area (Å²) in [5.41, 5.74) is 9.03. The molecular weight excluding hydrogens is 402 g/mol. The first-order valence-electron chi connectivity index (χ1n) is 10.7. The van der Waals surface area contributed by atoms with Crippen LogP contribution in [0.3, 0.4) is 0 Å². The molecule has 1 aliphatic heterocycles. The van der Waals surface area contributed by atoms with E-state index in [1.165, 1.54) is 0 Å². The molecule has 0 radical (unpaired) electrons. The molecule has 0 spiro atoms. The van der Waals surface area contributed by atoms with Crippen LogP contribution in [0.25, 0.3) is 11.1 Å². The lowest BCUT2D eigenvalue weighted by atomic mass is 9.80. The molecule has 6 heteroatoms. The van der Waals surface area contributed by atoms with Crippen molar-refractivity contribution in [2.75, 3.05) is 20.2 Å². The van der Waals surface area contributed by atoms with Crippen LogP contribution in [0.2, 0.25) is 0 Å². The van der Waals surface area contributed by atoms with Crippen molar-refractivity contribution in [3.8, 4) is 16.9 Å². The number of carbonyl (C=O) groups excluding carboxylic acids is 2. The van der Waals surface area contributed by atoms with Gasteiger partial charge in [0.05, 0.1) is 18.9 Å². The number of pyridine rings is 1. The van der Waals surface area contributed by atoms with E-state index in [1.54, 1.807) is 24.4 Å². The molecule has 6 nitrogen and oxygen atoms in total. The number of para-hydroxylation sites is 1. The van der Waals surface area contributed by atoms with E-state index in [0.717, 1.165) is 28.0 Å². The van der Waals surface area contributed by atoms with Gasteiger partial charge in [0.25, 0.3) is 0 Å². The minimum Gasteiger partial charge on any atom is -0.496 e. The highest BCUT2D eigenvalue weighted by molar-refractivity contribution is 5.85. The quantitative estimate of drug-likeness (QED) is 0.625. The Morgan fingerprint density at radius 2 is 1.84 bits per heavy atom. The first-order chi connectivity index (χ1) is 15.5. The SMILES string of the molecule is COc1ccccc1-c1ccc(C[C@]2(C(N)=O)CCN(C(=O)Cc3cccnc3)C2)cc1. The smallest absolute Gasteiger partial charge is 0.227 e. The summed E-state index contributed by atoms with van der Waals surface area (Å²) in [6.07, 6.45) is 4.72. The number of hydrogen-bond donors (Lipinski definition) is 1. The van der Waals surface area contributed by atoms with Crippen LogP contribution in [0.5, 0.6) is 5.75 Å². The van der Waals surface area contributed by atoms with E-state index in [2.05, 4.69) is 4.98 Å². The third-order valence-corrected chi connectivity index (χ3v) is 6.22. The number of amides is 2. The number of hydrogen-bond acceptors (Lipinski definition) is 4. The number of methoxy groups -OCH3 is 1. The van der Waals surface area contributed by atoms with Crippen molar-refractivity contribution in [1.29, 1.82) is 0 Å². The van der Waals surface area contributed by atoms with E-state index in [4.69, 9.17) is 10.5 Å². The van der Waals surface area contributed by atoms with Gasteiger partial charge in [-0.15, -0.1) is 0 Å². The Kier molecular flexibility index (Phi) is 6.21. The van der Waals surface area contributed by atoms with Crippen molar-refractivity contribution in [3.63, 3.8) is 0 Å². The van der Waals surface area contributed by atoms with Gasteiger partial charge < -0.3 is 15.4 Å². The van der Waals surface area contributed by atoms with Gasteiger partial charge in [0, 0.05) is 31.0 Å². The molecule has 2 amide bonds. The summed E-state index contributed by atoms with van der Waals surface area (Å²) in [6, 6.07) is 19.7. The molecule has 1 fully saturated rings. The second-order valence-corrected chi connectivity index (χ2v) is 8.32. The van der Waals surface area contributed by atoms with Crippen molar-refractivity contribution in [1.82, 2.24) is 9.88 Å². The van der Waals surface area contributed by atoms with E-state index in [9.17, 15) is 9.59 Å². The lowest BCUT2D eigenvalue weighted by Gasteiger charge is -2.26. The van der Waals surface area contributed by atoms with Gasteiger partial charge in [-0.3, -0.25) is 14.6 Å². The van der Waals surface area contributed by atoms with Crippen molar-refractivity contribution < 1.29 is 14.3 Å². The number of ether oxygens (including phenoxy) is 1. The predicted octanol–water partition coefficient (Wildman–Crippen LogP) is 3.25. The highest BCUT2D eigenvalue weighted by Gasteiger charge is 2.44. The second kappa shape index (κ2) is 9.22. The van der Waals surface area contributed by atoms with Gasteiger partial charge in [0.15, 0.2) is 0 Å². The highest BCUT2D eigenvalue weighted by Crippen LogP contribution is 2.36. The van der Waals surface area contributed by atoms with Gasteiger partial charge in [-0.2, -0.15) is 0 Å². The number of rotatable bonds is 7. The van der Waals surface area contributed by atoms with Crippen LogP contribution in [-0.2, 0) is 22.4 Å². The number of aromatic nitrogens is 1. The fraction of sp³-hybridized carbons (Fsp3) is 0.269. The minimum atomic E-state index is -0.753. The standard InChI is InChI=1S/C26H27N3O3/c1-32-23-7-3-2-6-22(23)21-10-8-19(9-11-21)16-26(25(27)31)12-14-29(18-26)24(30)15-20-5-4-13-28-17-20/h2-11,13,17H,12,14-16,18H2,1H3,(H2,27,31)/t26-/m1/s1. The number of likely N-dealkylation sites (tertiary alicyclic amines) is 1. The third-order valence-electron chi connectivity index (χ3n) is 6.22. The first-order valence-corrected chi connectivity index (χ1v) is 10.7. The summed E-state index contributed by atoms with van der Waals surface area (Å²) in [7, 11) is 1.66. The number of carbonyl (C=O) groups is 2. The Hall–Kier alpha value is -3.67. The number of nitrogens with two attached hydrogens (primary N) is 1. The number of nitrogens with zero attached hydrogens (tertiary/aromatic N) is 2. The summed E-state index contributed by atoms with van der Waals surface area (Å²) in [6.45, 7) is 0.872. The topological polar surface area (TPSA) is 85.5 Å². The molecule has 0 saturated carbocycles. The molecule has 2 heterocycles.